The Hall–Kier alpha value is -1.56. The predicted octanol–water partition coefficient (Wildman–Crippen LogP) is 2.69. The largest absolute Gasteiger partial charge is 0.481 e. The molecule has 1 N–H and O–H groups in total. The molecule has 2 fully saturated rings. The fraction of sp³-hybridized carbons (Fsp3) is 0.562. The first-order valence-electron chi connectivity index (χ1n) is 7.68. The topological polar surface area (TPSA) is 70.5 Å². The van der Waals surface area contributed by atoms with E-state index in [1.54, 1.807) is 11.1 Å². The van der Waals surface area contributed by atoms with Crippen LogP contribution >= 0.6 is 11.8 Å². The Morgan fingerprint density at radius 1 is 1.36 bits per heavy atom. The van der Waals surface area contributed by atoms with E-state index in [0.29, 0.717) is 25.1 Å². The molecule has 1 amide bonds. The molecule has 2 aliphatic rings. The van der Waals surface area contributed by atoms with Crippen molar-refractivity contribution in [3.63, 3.8) is 0 Å². The van der Waals surface area contributed by atoms with Gasteiger partial charge >= 0.3 is 5.97 Å². The second kappa shape index (κ2) is 6.28. The minimum atomic E-state index is -0.786. The molecule has 1 aliphatic heterocycles. The van der Waals surface area contributed by atoms with E-state index in [9.17, 15) is 14.7 Å². The Morgan fingerprint density at radius 2 is 2.14 bits per heavy atom. The molecule has 22 heavy (non-hydrogen) atoms. The van der Waals surface area contributed by atoms with Crippen LogP contribution in [0.25, 0.3) is 0 Å². The summed E-state index contributed by atoms with van der Waals surface area (Å²) < 4.78 is 0. The van der Waals surface area contributed by atoms with Gasteiger partial charge < -0.3 is 10.0 Å². The van der Waals surface area contributed by atoms with Gasteiger partial charge in [-0.25, -0.2) is 0 Å². The quantitative estimate of drug-likeness (QED) is 0.923. The van der Waals surface area contributed by atoms with Gasteiger partial charge in [0, 0.05) is 12.7 Å². The summed E-state index contributed by atoms with van der Waals surface area (Å²) >= 11 is 1.53. The average molecular weight is 320 g/mol. The summed E-state index contributed by atoms with van der Waals surface area (Å²) in [5.41, 5.74) is 0.0426. The Labute approximate surface area is 134 Å². The maximum Gasteiger partial charge on any atom is 0.311 e. The molecule has 0 radical (unpaired) electrons. The lowest BCUT2D eigenvalue weighted by Gasteiger charge is -2.38. The number of carboxylic acids is 1. The summed E-state index contributed by atoms with van der Waals surface area (Å²) in [6.45, 7) is 0.301. The highest BCUT2D eigenvalue weighted by Gasteiger charge is 2.45. The molecule has 1 aliphatic carbocycles. The summed E-state index contributed by atoms with van der Waals surface area (Å²) in [4.78, 5) is 30.2. The summed E-state index contributed by atoms with van der Waals surface area (Å²) in [5.74, 6) is -0.347. The number of hydrogen-bond acceptors (Lipinski definition) is 4. The number of hydrogen-bond donors (Lipinski definition) is 1. The number of nitrogens with zero attached hydrogens (tertiary/aromatic N) is 2. The van der Waals surface area contributed by atoms with Crippen LogP contribution in [0.1, 0.15) is 43.2 Å². The number of carboxylic acid groups (broad SMARTS) is 1. The van der Waals surface area contributed by atoms with Gasteiger partial charge in [0.25, 0.3) is 0 Å². The molecule has 1 aromatic rings. The van der Waals surface area contributed by atoms with Crippen molar-refractivity contribution in [2.75, 3.05) is 12.3 Å². The zero-order chi connectivity index (χ0) is 15.6. The molecule has 0 bridgehead atoms. The number of aliphatic carboxylic acids is 1. The van der Waals surface area contributed by atoms with E-state index in [2.05, 4.69) is 4.98 Å². The van der Waals surface area contributed by atoms with Crippen molar-refractivity contribution in [2.45, 2.75) is 37.5 Å². The van der Waals surface area contributed by atoms with Crippen LogP contribution in [-0.2, 0) is 9.59 Å². The van der Waals surface area contributed by atoms with E-state index in [4.69, 9.17) is 0 Å². The van der Waals surface area contributed by atoms with Crippen molar-refractivity contribution in [3.05, 3.63) is 30.1 Å². The highest BCUT2D eigenvalue weighted by atomic mass is 32.2. The standard InChI is InChI=1S/C16H20N2O3S/c19-13-10-22-14(12-6-2-5-9-17-12)18(13)11-16(15(20)21)7-3-1-4-8-16/h2,5-6,9,14H,1,3-4,7-8,10-11H2,(H,20,21). The molecule has 0 aromatic carbocycles. The average Bonchev–Trinajstić information content (AvgIpc) is 2.90. The van der Waals surface area contributed by atoms with Crippen molar-refractivity contribution < 1.29 is 14.7 Å². The lowest BCUT2D eigenvalue weighted by molar-refractivity contribution is -0.153. The first-order chi connectivity index (χ1) is 10.6. The van der Waals surface area contributed by atoms with Crippen LogP contribution in [0.5, 0.6) is 0 Å². The van der Waals surface area contributed by atoms with E-state index >= 15 is 0 Å². The normalized spacial score (nSPS) is 24.5. The van der Waals surface area contributed by atoms with Crippen molar-refractivity contribution in [3.8, 4) is 0 Å². The molecular formula is C16H20N2O3S. The summed E-state index contributed by atoms with van der Waals surface area (Å²) in [5, 5.41) is 9.57. The van der Waals surface area contributed by atoms with Gasteiger partial charge in [-0.3, -0.25) is 14.6 Å². The fourth-order valence-corrected chi connectivity index (χ4v) is 4.53. The predicted molar refractivity (Wildman–Crippen MR) is 84.3 cm³/mol. The lowest BCUT2D eigenvalue weighted by atomic mass is 9.73. The summed E-state index contributed by atoms with van der Waals surface area (Å²) in [7, 11) is 0. The first-order valence-corrected chi connectivity index (χ1v) is 8.73. The van der Waals surface area contributed by atoms with E-state index in [0.717, 1.165) is 25.0 Å². The van der Waals surface area contributed by atoms with Crippen LogP contribution in [0.2, 0.25) is 0 Å². The Balaban J connectivity index is 1.84. The summed E-state index contributed by atoms with van der Waals surface area (Å²) in [6.07, 6.45) is 5.97. The van der Waals surface area contributed by atoms with E-state index < -0.39 is 11.4 Å². The SMILES string of the molecule is O=C1CSC(c2ccccn2)N1CC1(C(=O)O)CCCCC1. The monoisotopic (exact) mass is 320 g/mol. The van der Waals surface area contributed by atoms with Gasteiger partial charge in [0.2, 0.25) is 5.91 Å². The lowest BCUT2D eigenvalue weighted by Crippen LogP contribution is -2.45. The third-order valence-corrected chi connectivity index (χ3v) is 5.87. The molecule has 5 nitrogen and oxygen atoms in total. The van der Waals surface area contributed by atoms with Crippen LogP contribution in [-0.4, -0.2) is 39.2 Å². The Morgan fingerprint density at radius 3 is 2.77 bits per heavy atom. The Bertz CT molecular complexity index is 558. The van der Waals surface area contributed by atoms with E-state index in [1.165, 1.54) is 11.8 Å². The zero-order valence-corrected chi connectivity index (χ0v) is 13.2. The molecule has 1 saturated carbocycles. The number of rotatable bonds is 4. The highest BCUT2D eigenvalue weighted by molar-refractivity contribution is 8.00. The Kier molecular flexibility index (Phi) is 4.38. The number of carbonyl (C=O) groups is 2. The minimum absolute atomic E-state index is 0.0202. The number of aromatic nitrogens is 1. The van der Waals surface area contributed by atoms with Gasteiger partial charge in [-0.1, -0.05) is 25.3 Å². The fourth-order valence-electron chi connectivity index (χ4n) is 3.39. The number of amides is 1. The van der Waals surface area contributed by atoms with Crippen LogP contribution < -0.4 is 0 Å². The molecule has 2 heterocycles. The zero-order valence-electron chi connectivity index (χ0n) is 12.4. The second-order valence-electron chi connectivity index (χ2n) is 6.09. The van der Waals surface area contributed by atoms with Gasteiger partial charge in [0.1, 0.15) is 5.37 Å². The van der Waals surface area contributed by atoms with Gasteiger partial charge in [-0.15, -0.1) is 11.8 Å². The van der Waals surface area contributed by atoms with Crippen molar-refractivity contribution in [1.82, 2.24) is 9.88 Å². The molecule has 1 unspecified atom stereocenters. The first kappa shape index (κ1) is 15.3. The van der Waals surface area contributed by atoms with E-state index in [1.807, 2.05) is 18.2 Å². The second-order valence-corrected chi connectivity index (χ2v) is 7.15. The van der Waals surface area contributed by atoms with Crippen molar-refractivity contribution in [1.29, 1.82) is 0 Å². The van der Waals surface area contributed by atoms with Crippen LogP contribution in [0.15, 0.2) is 24.4 Å². The maximum atomic E-state index is 12.3. The number of pyridine rings is 1. The molecule has 0 spiro atoms. The molecule has 1 aromatic heterocycles. The minimum Gasteiger partial charge on any atom is -0.481 e. The van der Waals surface area contributed by atoms with Gasteiger partial charge in [-0.2, -0.15) is 0 Å². The third-order valence-electron chi connectivity index (χ3n) is 4.65. The molecule has 1 saturated heterocycles. The van der Waals surface area contributed by atoms with Gasteiger partial charge in [0.05, 0.1) is 16.9 Å². The van der Waals surface area contributed by atoms with Gasteiger partial charge in [-0.05, 0) is 25.0 Å². The summed E-state index contributed by atoms with van der Waals surface area (Å²) in [6, 6.07) is 5.64. The molecule has 6 heteroatoms. The molecule has 3 rings (SSSR count). The molecular weight excluding hydrogens is 300 g/mol. The third kappa shape index (κ3) is 2.84. The van der Waals surface area contributed by atoms with Gasteiger partial charge in [0.15, 0.2) is 0 Å². The smallest absolute Gasteiger partial charge is 0.311 e. The van der Waals surface area contributed by atoms with Crippen LogP contribution in [0.4, 0.5) is 0 Å². The van der Waals surface area contributed by atoms with Crippen molar-refractivity contribution in [2.24, 2.45) is 5.41 Å². The van der Waals surface area contributed by atoms with Crippen LogP contribution in [0, 0.1) is 5.41 Å². The number of thioether (sulfide) groups is 1. The highest BCUT2D eigenvalue weighted by Crippen LogP contribution is 2.43. The molecule has 118 valence electrons. The van der Waals surface area contributed by atoms with Crippen LogP contribution in [0.3, 0.4) is 0 Å². The number of carbonyl (C=O) groups excluding carboxylic acids is 1. The maximum absolute atomic E-state index is 12.3. The molecule has 1 atom stereocenters. The van der Waals surface area contributed by atoms with E-state index in [-0.39, 0.29) is 11.3 Å². The van der Waals surface area contributed by atoms with Crippen molar-refractivity contribution >= 4 is 23.6 Å².